The van der Waals surface area contributed by atoms with Crippen LogP contribution in [0.25, 0.3) is 0 Å². The van der Waals surface area contributed by atoms with Gasteiger partial charge in [-0.05, 0) is 52.4 Å². The number of guanidine groups is 2. The van der Waals surface area contributed by atoms with Crippen molar-refractivity contribution in [3.63, 3.8) is 0 Å². The fraction of sp³-hybridized carbons (Fsp3) is 0.696. The van der Waals surface area contributed by atoms with Crippen molar-refractivity contribution in [2.24, 2.45) is 38.7 Å². The van der Waals surface area contributed by atoms with Gasteiger partial charge in [0.15, 0.2) is 11.9 Å². The number of aliphatic imine (C=N–C) groups is 2. The van der Waals surface area contributed by atoms with E-state index in [1.54, 1.807) is 0 Å². The predicted octanol–water partition coefficient (Wildman–Crippen LogP) is -4.01. The molecule has 0 aromatic rings. The smallest absolute Gasteiger partial charge is 0.325 e. The summed E-state index contributed by atoms with van der Waals surface area (Å²) < 4.78 is 0. The molecule has 1 saturated heterocycles. The van der Waals surface area contributed by atoms with Crippen LogP contribution in [0.3, 0.4) is 0 Å². The minimum absolute atomic E-state index is 0.0610. The quantitative estimate of drug-likeness (QED) is 0.0490. The summed E-state index contributed by atoms with van der Waals surface area (Å²) >= 11 is 0. The number of hydrogen-bond acceptors (Lipinski definition) is 8. The summed E-state index contributed by atoms with van der Waals surface area (Å²) in [5.41, 5.74) is 27.1. The van der Waals surface area contributed by atoms with Crippen LogP contribution in [0.1, 0.15) is 52.4 Å². The number of amides is 4. The van der Waals surface area contributed by atoms with E-state index in [4.69, 9.17) is 33.8 Å². The van der Waals surface area contributed by atoms with Crippen LogP contribution >= 0.6 is 0 Å². The second kappa shape index (κ2) is 16.7. The van der Waals surface area contributed by atoms with Gasteiger partial charge in [-0.15, -0.1) is 0 Å². The van der Waals surface area contributed by atoms with Gasteiger partial charge in [0.05, 0.1) is 6.04 Å². The van der Waals surface area contributed by atoms with E-state index in [9.17, 15) is 24.0 Å². The molecular weight excluding hydrogens is 526 g/mol. The first-order valence-corrected chi connectivity index (χ1v) is 13.0. The number of nitrogens with one attached hydrogen (secondary N) is 3. The standard InChI is InChI=1S/C23H43N11O6/c1-12(31-17(35)14(24)6-3-9-29-22(25)26)20(38)34-11-5-8-16(34)19(37)33-15(7-4-10-30-23(27)28)18(36)32-13(2)21(39)40/h12-16H,3-11,24H2,1-2H3,(H,31,35)(H,32,36)(H,33,37)(H,39,40)(H4,25,26,29)(H4,27,28,30). The highest BCUT2D eigenvalue weighted by atomic mass is 16.4. The predicted molar refractivity (Wildman–Crippen MR) is 147 cm³/mol. The van der Waals surface area contributed by atoms with Crippen molar-refractivity contribution in [1.29, 1.82) is 0 Å². The van der Waals surface area contributed by atoms with E-state index in [0.717, 1.165) is 0 Å². The molecule has 0 aromatic heterocycles. The third-order valence-electron chi connectivity index (χ3n) is 6.18. The zero-order chi connectivity index (χ0) is 30.4. The van der Waals surface area contributed by atoms with Crippen LogP contribution in [0.2, 0.25) is 0 Å². The summed E-state index contributed by atoms with van der Waals surface area (Å²) in [6, 6.07) is -5.00. The Morgan fingerprint density at radius 1 is 0.875 bits per heavy atom. The van der Waals surface area contributed by atoms with Crippen molar-refractivity contribution in [2.75, 3.05) is 19.6 Å². The summed E-state index contributed by atoms with van der Waals surface area (Å²) in [4.78, 5) is 71.7. The van der Waals surface area contributed by atoms with Crippen LogP contribution in [0.4, 0.5) is 0 Å². The third kappa shape index (κ3) is 11.7. The molecule has 0 saturated carbocycles. The molecule has 0 bridgehead atoms. The first-order chi connectivity index (χ1) is 18.7. The SMILES string of the molecule is CC(NC(=O)C(CCCN=C(N)N)NC(=O)C1CCCN1C(=O)C(C)NC(=O)C(N)CCCN=C(N)N)C(=O)O. The van der Waals surface area contributed by atoms with Gasteiger partial charge >= 0.3 is 5.97 Å². The van der Waals surface area contributed by atoms with Gasteiger partial charge in [0.25, 0.3) is 0 Å². The molecule has 0 aromatic carbocycles. The van der Waals surface area contributed by atoms with E-state index < -0.39 is 59.8 Å². The van der Waals surface area contributed by atoms with Crippen LogP contribution in [-0.4, -0.2) is 101 Å². The normalized spacial score (nSPS) is 17.5. The molecule has 1 heterocycles. The number of carbonyl (C=O) groups excluding carboxylic acids is 4. The van der Waals surface area contributed by atoms with E-state index >= 15 is 0 Å². The van der Waals surface area contributed by atoms with Crippen LogP contribution in [-0.2, 0) is 24.0 Å². The zero-order valence-corrected chi connectivity index (χ0v) is 23.0. The van der Waals surface area contributed by atoms with Crippen LogP contribution in [0, 0.1) is 0 Å². The van der Waals surface area contributed by atoms with E-state index in [1.165, 1.54) is 18.7 Å². The Morgan fingerprint density at radius 2 is 1.43 bits per heavy atom. The molecule has 1 aliphatic heterocycles. The number of aliphatic carboxylic acids is 1. The van der Waals surface area contributed by atoms with Crippen molar-refractivity contribution >= 4 is 41.5 Å². The first-order valence-electron chi connectivity index (χ1n) is 13.0. The van der Waals surface area contributed by atoms with Crippen molar-refractivity contribution < 1.29 is 29.1 Å². The molecule has 0 spiro atoms. The van der Waals surface area contributed by atoms with Crippen molar-refractivity contribution in [1.82, 2.24) is 20.9 Å². The van der Waals surface area contributed by atoms with Crippen LogP contribution in [0.5, 0.6) is 0 Å². The fourth-order valence-corrected chi connectivity index (χ4v) is 4.00. The van der Waals surface area contributed by atoms with Crippen LogP contribution < -0.4 is 44.6 Å². The molecule has 14 N–H and O–H groups in total. The Hall–Kier alpha value is -4.15. The van der Waals surface area contributed by atoms with Gasteiger partial charge in [-0.2, -0.15) is 0 Å². The Labute approximate surface area is 232 Å². The Bertz CT molecular complexity index is 965. The lowest BCUT2D eigenvalue weighted by molar-refractivity contribution is -0.143. The van der Waals surface area contributed by atoms with Crippen LogP contribution in [0.15, 0.2) is 9.98 Å². The van der Waals surface area contributed by atoms with Crippen molar-refractivity contribution in [2.45, 2.75) is 82.6 Å². The van der Waals surface area contributed by atoms with Gasteiger partial charge in [-0.3, -0.25) is 34.0 Å². The lowest BCUT2D eigenvalue weighted by atomic mass is 10.1. The second-order valence-electron chi connectivity index (χ2n) is 9.55. The third-order valence-corrected chi connectivity index (χ3v) is 6.18. The van der Waals surface area contributed by atoms with E-state index in [0.29, 0.717) is 38.6 Å². The number of nitrogens with two attached hydrogens (primary N) is 5. The summed E-state index contributed by atoms with van der Waals surface area (Å²) in [5.74, 6) is -3.71. The number of likely N-dealkylation sites (tertiary alicyclic amines) is 1. The van der Waals surface area contributed by atoms with E-state index in [2.05, 4.69) is 25.9 Å². The van der Waals surface area contributed by atoms with Gasteiger partial charge in [0.2, 0.25) is 23.6 Å². The highest BCUT2D eigenvalue weighted by Gasteiger charge is 2.38. The number of carboxylic acid groups (broad SMARTS) is 1. The molecule has 5 unspecified atom stereocenters. The molecule has 17 nitrogen and oxygen atoms in total. The average Bonchev–Trinajstić information content (AvgIpc) is 3.37. The van der Waals surface area contributed by atoms with Crippen molar-refractivity contribution in [3.8, 4) is 0 Å². The molecule has 4 amide bonds. The average molecular weight is 570 g/mol. The molecule has 1 aliphatic rings. The minimum Gasteiger partial charge on any atom is -0.480 e. The maximum Gasteiger partial charge on any atom is 0.325 e. The second-order valence-corrected chi connectivity index (χ2v) is 9.55. The highest BCUT2D eigenvalue weighted by molar-refractivity contribution is 5.95. The topological polar surface area (TPSA) is 300 Å². The lowest BCUT2D eigenvalue weighted by Gasteiger charge is -2.29. The van der Waals surface area contributed by atoms with Gasteiger partial charge in [-0.1, -0.05) is 0 Å². The molecule has 0 aliphatic carbocycles. The summed E-state index contributed by atoms with van der Waals surface area (Å²) in [6.45, 7) is 3.57. The Balaban J connectivity index is 2.82. The summed E-state index contributed by atoms with van der Waals surface area (Å²) in [6.07, 6.45) is 2.08. The molecule has 40 heavy (non-hydrogen) atoms. The number of hydrogen-bond donors (Lipinski definition) is 9. The largest absolute Gasteiger partial charge is 0.480 e. The van der Waals surface area contributed by atoms with Gasteiger partial charge in [0.1, 0.15) is 24.2 Å². The molecule has 226 valence electrons. The van der Waals surface area contributed by atoms with Gasteiger partial charge in [0, 0.05) is 19.6 Å². The van der Waals surface area contributed by atoms with E-state index in [1.807, 2.05) is 0 Å². The molecule has 17 heteroatoms. The zero-order valence-electron chi connectivity index (χ0n) is 23.0. The molecule has 5 atom stereocenters. The monoisotopic (exact) mass is 569 g/mol. The highest BCUT2D eigenvalue weighted by Crippen LogP contribution is 2.19. The molecule has 1 fully saturated rings. The lowest BCUT2D eigenvalue weighted by Crippen LogP contribution is -2.57. The maximum absolute atomic E-state index is 13.2. The number of carboxylic acids is 1. The van der Waals surface area contributed by atoms with E-state index in [-0.39, 0.29) is 31.4 Å². The number of carbonyl (C=O) groups is 5. The van der Waals surface area contributed by atoms with Crippen molar-refractivity contribution in [3.05, 3.63) is 0 Å². The maximum atomic E-state index is 13.2. The first kappa shape index (κ1) is 33.9. The Kier molecular flexibility index (Phi) is 14.2. The summed E-state index contributed by atoms with van der Waals surface area (Å²) in [7, 11) is 0. The Morgan fingerprint density at radius 3 is 1.98 bits per heavy atom. The van der Waals surface area contributed by atoms with Gasteiger partial charge < -0.3 is 54.6 Å². The number of nitrogens with zero attached hydrogens (tertiary/aromatic N) is 3. The summed E-state index contributed by atoms with van der Waals surface area (Å²) in [5, 5.41) is 16.7. The minimum atomic E-state index is -1.24. The number of rotatable bonds is 16. The fourth-order valence-electron chi connectivity index (χ4n) is 4.00. The molecule has 1 rings (SSSR count). The molecular formula is C23H43N11O6. The molecule has 0 radical (unpaired) electrons. The van der Waals surface area contributed by atoms with Gasteiger partial charge in [-0.25, -0.2) is 0 Å².